The van der Waals surface area contributed by atoms with Gasteiger partial charge in [0.2, 0.25) is 0 Å². The van der Waals surface area contributed by atoms with E-state index in [0.29, 0.717) is 32.0 Å². The van der Waals surface area contributed by atoms with Crippen LogP contribution in [0, 0.1) is 17.8 Å². The SMILES string of the molecule is CCCOC(=O)C1CC=CCC1C(=O)OCCCCC(C)C. The highest BCUT2D eigenvalue weighted by Gasteiger charge is 2.36. The van der Waals surface area contributed by atoms with Crippen LogP contribution in [0.1, 0.15) is 59.3 Å². The molecule has 0 spiro atoms. The van der Waals surface area contributed by atoms with Gasteiger partial charge >= 0.3 is 11.9 Å². The van der Waals surface area contributed by atoms with Crippen LogP contribution < -0.4 is 0 Å². The first kappa shape index (κ1) is 18.7. The van der Waals surface area contributed by atoms with E-state index in [-0.39, 0.29) is 23.8 Å². The summed E-state index contributed by atoms with van der Waals surface area (Å²) in [7, 11) is 0. The van der Waals surface area contributed by atoms with Gasteiger partial charge in [-0.05, 0) is 38.0 Å². The summed E-state index contributed by atoms with van der Waals surface area (Å²) in [6.45, 7) is 7.19. The molecular weight excluding hydrogens is 280 g/mol. The minimum absolute atomic E-state index is 0.257. The van der Waals surface area contributed by atoms with Crippen molar-refractivity contribution in [3.63, 3.8) is 0 Å². The van der Waals surface area contributed by atoms with E-state index in [9.17, 15) is 9.59 Å². The molecule has 1 aliphatic carbocycles. The maximum Gasteiger partial charge on any atom is 0.310 e. The highest BCUT2D eigenvalue weighted by molar-refractivity contribution is 5.82. The Morgan fingerprint density at radius 2 is 1.55 bits per heavy atom. The van der Waals surface area contributed by atoms with Gasteiger partial charge in [-0.1, -0.05) is 39.3 Å². The molecule has 0 saturated carbocycles. The van der Waals surface area contributed by atoms with Gasteiger partial charge in [-0.3, -0.25) is 9.59 Å². The van der Waals surface area contributed by atoms with Crippen LogP contribution in [0.2, 0.25) is 0 Å². The monoisotopic (exact) mass is 310 g/mol. The number of hydrogen-bond acceptors (Lipinski definition) is 4. The van der Waals surface area contributed by atoms with Crippen LogP contribution in [0.25, 0.3) is 0 Å². The van der Waals surface area contributed by atoms with Crippen molar-refractivity contribution >= 4 is 11.9 Å². The molecular formula is C18H30O4. The Balaban J connectivity index is 2.40. The van der Waals surface area contributed by atoms with E-state index in [1.54, 1.807) is 0 Å². The molecule has 2 unspecified atom stereocenters. The van der Waals surface area contributed by atoms with Crippen LogP contribution in [0.5, 0.6) is 0 Å². The quantitative estimate of drug-likeness (QED) is 0.368. The zero-order valence-corrected chi connectivity index (χ0v) is 14.2. The summed E-state index contributed by atoms with van der Waals surface area (Å²) >= 11 is 0. The van der Waals surface area contributed by atoms with Gasteiger partial charge in [0.05, 0.1) is 25.0 Å². The molecule has 4 heteroatoms. The molecule has 0 aromatic carbocycles. The lowest BCUT2D eigenvalue weighted by molar-refractivity contribution is -0.161. The van der Waals surface area contributed by atoms with Crippen molar-refractivity contribution in [2.45, 2.75) is 59.3 Å². The van der Waals surface area contributed by atoms with Gasteiger partial charge in [0.25, 0.3) is 0 Å². The molecule has 0 aromatic rings. The van der Waals surface area contributed by atoms with Crippen molar-refractivity contribution in [1.82, 2.24) is 0 Å². The molecule has 1 aliphatic rings. The molecule has 0 radical (unpaired) electrons. The summed E-state index contributed by atoms with van der Waals surface area (Å²) in [5, 5.41) is 0. The molecule has 126 valence electrons. The maximum absolute atomic E-state index is 12.2. The van der Waals surface area contributed by atoms with Gasteiger partial charge in [-0.2, -0.15) is 0 Å². The molecule has 0 aliphatic heterocycles. The molecule has 4 nitrogen and oxygen atoms in total. The van der Waals surface area contributed by atoms with E-state index in [2.05, 4.69) is 13.8 Å². The molecule has 2 atom stereocenters. The predicted octanol–water partition coefficient (Wildman–Crippen LogP) is 3.89. The average Bonchev–Trinajstić information content (AvgIpc) is 2.51. The van der Waals surface area contributed by atoms with Gasteiger partial charge in [-0.15, -0.1) is 0 Å². The fraction of sp³-hybridized carbons (Fsp3) is 0.778. The van der Waals surface area contributed by atoms with Crippen LogP contribution in [0.3, 0.4) is 0 Å². The number of hydrogen-bond donors (Lipinski definition) is 0. The van der Waals surface area contributed by atoms with Crippen molar-refractivity contribution in [1.29, 1.82) is 0 Å². The van der Waals surface area contributed by atoms with Gasteiger partial charge in [0.1, 0.15) is 0 Å². The topological polar surface area (TPSA) is 52.6 Å². The minimum Gasteiger partial charge on any atom is -0.465 e. The molecule has 1 rings (SSSR count). The lowest BCUT2D eigenvalue weighted by Crippen LogP contribution is -2.34. The summed E-state index contributed by atoms with van der Waals surface area (Å²) in [5.41, 5.74) is 0. The molecule has 0 amide bonds. The second-order valence-corrected chi connectivity index (χ2v) is 6.38. The summed E-state index contributed by atoms with van der Waals surface area (Å²) < 4.78 is 10.6. The third-order valence-corrected chi connectivity index (χ3v) is 3.91. The number of ether oxygens (including phenoxy) is 2. The summed E-state index contributed by atoms with van der Waals surface area (Å²) in [5.74, 6) is -0.628. The highest BCUT2D eigenvalue weighted by atomic mass is 16.5. The fourth-order valence-electron chi connectivity index (χ4n) is 2.58. The van der Waals surface area contributed by atoms with E-state index in [4.69, 9.17) is 9.47 Å². The Kier molecular flexibility index (Phi) is 8.86. The summed E-state index contributed by atoms with van der Waals surface area (Å²) in [4.78, 5) is 24.3. The first-order valence-corrected chi connectivity index (χ1v) is 8.54. The third-order valence-electron chi connectivity index (χ3n) is 3.91. The molecule has 0 N–H and O–H groups in total. The van der Waals surface area contributed by atoms with Gasteiger partial charge < -0.3 is 9.47 Å². The van der Waals surface area contributed by atoms with E-state index < -0.39 is 0 Å². The predicted molar refractivity (Wildman–Crippen MR) is 86.3 cm³/mol. The largest absolute Gasteiger partial charge is 0.465 e. The normalized spacial score (nSPS) is 20.9. The number of unbranched alkanes of at least 4 members (excludes halogenated alkanes) is 1. The molecule has 22 heavy (non-hydrogen) atoms. The van der Waals surface area contributed by atoms with Crippen LogP contribution in [-0.4, -0.2) is 25.2 Å². The molecule has 0 heterocycles. The first-order valence-electron chi connectivity index (χ1n) is 8.54. The van der Waals surface area contributed by atoms with Crippen molar-refractivity contribution in [3.8, 4) is 0 Å². The van der Waals surface area contributed by atoms with Crippen molar-refractivity contribution in [2.75, 3.05) is 13.2 Å². The number of allylic oxidation sites excluding steroid dienone is 2. The standard InChI is InChI=1S/C18H30O4/c1-4-12-21-17(19)15-10-5-6-11-16(15)18(20)22-13-8-7-9-14(2)3/h5-6,14-16H,4,7-13H2,1-3H3. The number of esters is 2. The lowest BCUT2D eigenvalue weighted by Gasteiger charge is -2.25. The second kappa shape index (κ2) is 10.4. The first-order chi connectivity index (χ1) is 10.6. The van der Waals surface area contributed by atoms with E-state index >= 15 is 0 Å². The Labute approximate surface area is 134 Å². The molecule has 0 fully saturated rings. The van der Waals surface area contributed by atoms with Crippen LogP contribution in [-0.2, 0) is 19.1 Å². The van der Waals surface area contributed by atoms with Gasteiger partial charge in [0, 0.05) is 0 Å². The Hall–Kier alpha value is -1.32. The van der Waals surface area contributed by atoms with Crippen LogP contribution in [0.15, 0.2) is 12.2 Å². The number of carbonyl (C=O) groups is 2. The number of rotatable bonds is 9. The molecule has 0 bridgehead atoms. The highest BCUT2D eigenvalue weighted by Crippen LogP contribution is 2.28. The lowest BCUT2D eigenvalue weighted by atomic mass is 9.83. The zero-order valence-electron chi connectivity index (χ0n) is 14.2. The Morgan fingerprint density at radius 1 is 1.00 bits per heavy atom. The summed E-state index contributed by atoms with van der Waals surface area (Å²) in [6.07, 6.45) is 8.93. The second-order valence-electron chi connectivity index (χ2n) is 6.38. The third kappa shape index (κ3) is 6.63. The average molecular weight is 310 g/mol. The Morgan fingerprint density at radius 3 is 2.05 bits per heavy atom. The Bertz CT molecular complexity index is 373. The molecule has 0 saturated heterocycles. The summed E-state index contributed by atoms with van der Waals surface area (Å²) in [6, 6.07) is 0. The minimum atomic E-state index is -0.389. The van der Waals surface area contributed by atoms with Crippen LogP contribution in [0.4, 0.5) is 0 Å². The van der Waals surface area contributed by atoms with Gasteiger partial charge in [-0.25, -0.2) is 0 Å². The fourth-order valence-corrected chi connectivity index (χ4v) is 2.58. The molecule has 0 aromatic heterocycles. The maximum atomic E-state index is 12.2. The smallest absolute Gasteiger partial charge is 0.310 e. The van der Waals surface area contributed by atoms with Gasteiger partial charge in [0.15, 0.2) is 0 Å². The van der Waals surface area contributed by atoms with Crippen molar-refractivity contribution < 1.29 is 19.1 Å². The van der Waals surface area contributed by atoms with Crippen LogP contribution >= 0.6 is 0 Å². The van der Waals surface area contributed by atoms with E-state index in [1.165, 1.54) is 0 Å². The van der Waals surface area contributed by atoms with Crippen molar-refractivity contribution in [2.24, 2.45) is 17.8 Å². The zero-order chi connectivity index (χ0) is 16.4. The van der Waals surface area contributed by atoms with Crippen molar-refractivity contribution in [3.05, 3.63) is 12.2 Å². The van der Waals surface area contributed by atoms with E-state index in [0.717, 1.165) is 25.7 Å². The number of carbonyl (C=O) groups excluding carboxylic acids is 2. The van der Waals surface area contributed by atoms with E-state index in [1.807, 2.05) is 19.1 Å².